The van der Waals surface area contributed by atoms with Crippen molar-refractivity contribution in [3.05, 3.63) is 0 Å². The summed E-state index contributed by atoms with van der Waals surface area (Å²) in [6.45, 7) is 0.958. The van der Waals surface area contributed by atoms with Crippen LogP contribution in [0.25, 0.3) is 0 Å². The van der Waals surface area contributed by atoms with E-state index in [1.54, 1.807) is 0 Å². The predicted octanol–water partition coefficient (Wildman–Crippen LogP) is -1.63. The third-order valence-electron chi connectivity index (χ3n) is 6.74. The fraction of sp³-hybridized carbons (Fsp3) is 0.731. The van der Waals surface area contributed by atoms with Crippen molar-refractivity contribution in [1.82, 2.24) is 26.6 Å². The first-order valence-corrected chi connectivity index (χ1v) is 15.6. The molecule has 0 aliphatic carbocycles. The normalized spacial score (nSPS) is 17.1. The van der Waals surface area contributed by atoms with Crippen molar-refractivity contribution in [3.8, 4) is 0 Å². The molecule has 1 saturated heterocycles. The summed E-state index contributed by atoms with van der Waals surface area (Å²) in [5, 5.41) is 40.5. The molecule has 10 N–H and O–H groups in total. The lowest BCUT2D eigenvalue weighted by Gasteiger charge is -2.26. The maximum absolute atomic E-state index is 13.3. The van der Waals surface area contributed by atoms with E-state index in [1.807, 2.05) is 6.26 Å². The van der Waals surface area contributed by atoms with Crippen molar-refractivity contribution in [1.29, 1.82) is 0 Å². The zero-order chi connectivity index (χ0) is 32.4. The van der Waals surface area contributed by atoms with Crippen molar-refractivity contribution < 1.29 is 48.9 Å². The summed E-state index contributed by atoms with van der Waals surface area (Å²) < 4.78 is 0. The Morgan fingerprint density at radius 3 is 1.74 bits per heavy atom. The number of aliphatic carboxylic acids is 3. The molecule has 1 aliphatic rings. The largest absolute Gasteiger partial charge is 0.481 e. The van der Waals surface area contributed by atoms with E-state index < -0.39 is 85.1 Å². The van der Waals surface area contributed by atoms with Crippen LogP contribution in [0.2, 0.25) is 0 Å². The highest BCUT2D eigenvalue weighted by Gasteiger charge is 2.32. The van der Waals surface area contributed by atoms with Gasteiger partial charge in [-0.15, -0.1) is 0 Å². The molecular weight excluding hydrogens is 588 g/mol. The van der Waals surface area contributed by atoms with Crippen LogP contribution in [-0.4, -0.2) is 112 Å². The number of thioether (sulfide) groups is 1. The molecule has 0 spiro atoms. The molecule has 1 heterocycles. The minimum Gasteiger partial charge on any atom is -0.481 e. The molecule has 5 atom stereocenters. The van der Waals surface area contributed by atoms with E-state index in [-0.39, 0.29) is 31.7 Å². The summed E-state index contributed by atoms with van der Waals surface area (Å²) in [6.07, 6.45) is 2.65. The Morgan fingerprint density at radius 2 is 1.28 bits per heavy atom. The zero-order valence-electron chi connectivity index (χ0n) is 24.3. The van der Waals surface area contributed by atoms with Gasteiger partial charge < -0.3 is 47.6 Å². The minimum atomic E-state index is -1.53. The maximum atomic E-state index is 13.3. The molecule has 1 aliphatic heterocycles. The number of carboxylic acid groups (broad SMARTS) is 3. The fourth-order valence-corrected chi connectivity index (χ4v) is 4.80. The summed E-state index contributed by atoms with van der Waals surface area (Å²) >= 11 is 1.45. The maximum Gasteiger partial charge on any atom is 0.326 e. The lowest BCUT2D eigenvalue weighted by molar-refractivity contribution is -0.143. The van der Waals surface area contributed by atoms with E-state index in [1.165, 1.54) is 11.8 Å². The minimum absolute atomic E-state index is 0.0421. The highest BCUT2D eigenvalue weighted by molar-refractivity contribution is 7.98. The van der Waals surface area contributed by atoms with Crippen LogP contribution >= 0.6 is 11.8 Å². The van der Waals surface area contributed by atoms with Crippen molar-refractivity contribution >= 4 is 53.3 Å². The monoisotopic (exact) mass is 632 g/mol. The lowest BCUT2D eigenvalue weighted by atomic mass is 10.0. The number of nitrogens with two attached hydrogens (primary N) is 1. The average molecular weight is 633 g/mol. The van der Waals surface area contributed by atoms with Gasteiger partial charge in [0.15, 0.2) is 0 Å². The number of carbonyl (C=O) groups excluding carboxylic acids is 4. The Kier molecular flexibility index (Phi) is 17.9. The van der Waals surface area contributed by atoms with Crippen molar-refractivity contribution in [2.45, 2.75) is 94.4 Å². The van der Waals surface area contributed by atoms with Crippen LogP contribution in [0.15, 0.2) is 0 Å². The third kappa shape index (κ3) is 15.0. The van der Waals surface area contributed by atoms with Crippen LogP contribution in [0.3, 0.4) is 0 Å². The lowest BCUT2D eigenvalue weighted by Crippen LogP contribution is -2.58. The first-order valence-electron chi connectivity index (χ1n) is 14.2. The summed E-state index contributed by atoms with van der Waals surface area (Å²) in [5.41, 5.74) is 5.53. The zero-order valence-corrected chi connectivity index (χ0v) is 25.1. The van der Waals surface area contributed by atoms with Crippen molar-refractivity contribution in [2.75, 3.05) is 25.1 Å². The standard InChI is InChI=1S/C26H44N6O10S/c1-43-14-11-18(31-22(37)15-6-4-13-28-15)25(40)30-17(7-9-20(33)34)24(39)29-16(5-2-3-12-27)23(38)32-19(26(41)42)8-10-21(35)36/h15-19,28H,2-14,27H2,1H3,(H,29,39)(H,30,40)(H,31,37)(H,32,38)(H,33,34)(H,35,36)(H,41,42)/t15-,16-,17-,18-,19-/m0/s1. The molecule has 0 bridgehead atoms. The summed E-state index contributed by atoms with van der Waals surface area (Å²) in [4.78, 5) is 86.0. The summed E-state index contributed by atoms with van der Waals surface area (Å²) in [5.74, 6) is -6.26. The molecule has 0 radical (unpaired) electrons. The first-order chi connectivity index (χ1) is 20.4. The second-order valence-corrected chi connectivity index (χ2v) is 11.1. The number of carboxylic acids is 3. The molecule has 4 amide bonds. The first kappa shape index (κ1) is 37.6. The van der Waals surface area contributed by atoms with Gasteiger partial charge in [-0.3, -0.25) is 28.8 Å². The van der Waals surface area contributed by atoms with Crippen LogP contribution in [0.5, 0.6) is 0 Å². The van der Waals surface area contributed by atoms with Gasteiger partial charge in [0, 0.05) is 12.8 Å². The average Bonchev–Trinajstić information content (AvgIpc) is 3.49. The molecule has 1 rings (SSSR count). The molecule has 17 heteroatoms. The fourth-order valence-electron chi connectivity index (χ4n) is 4.33. The van der Waals surface area contributed by atoms with Gasteiger partial charge in [0.2, 0.25) is 23.6 Å². The van der Waals surface area contributed by atoms with Gasteiger partial charge in [-0.25, -0.2) is 4.79 Å². The SMILES string of the molecule is CSCC[C@H](NC(=O)[C@@H]1CCCN1)C(=O)N[C@@H](CCC(=O)O)C(=O)N[C@@H](CCCCN)C(=O)N[C@@H](CCC(=O)O)C(=O)O. The molecule has 0 unspecified atom stereocenters. The Hall–Kier alpha value is -3.44. The number of carbonyl (C=O) groups is 7. The molecule has 0 aromatic carbocycles. The van der Waals surface area contributed by atoms with Gasteiger partial charge in [-0.2, -0.15) is 11.8 Å². The van der Waals surface area contributed by atoms with Crippen LogP contribution < -0.4 is 32.3 Å². The summed E-state index contributed by atoms with van der Waals surface area (Å²) in [7, 11) is 0. The van der Waals surface area contributed by atoms with Crippen molar-refractivity contribution in [2.24, 2.45) is 5.73 Å². The number of hydrogen-bond donors (Lipinski definition) is 9. The van der Waals surface area contributed by atoms with Gasteiger partial charge >= 0.3 is 17.9 Å². The topological polar surface area (TPSA) is 266 Å². The predicted molar refractivity (Wildman–Crippen MR) is 156 cm³/mol. The van der Waals surface area contributed by atoms with Gasteiger partial charge in [0.1, 0.15) is 24.2 Å². The number of nitrogens with one attached hydrogen (secondary N) is 5. The van der Waals surface area contributed by atoms with E-state index in [2.05, 4.69) is 26.6 Å². The van der Waals surface area contributed by atoms with E-state index in [4.69, 9.17) is 10.8 Å². The van der Waals surface area contributed by atoms with Crippen LogP contribution in [0, 0.1) is 0 Å². The smallest absolute Gasteiger partial charge is 0.326 e. The molecule has 0 aromatic heterocycles. The molecule has 244 valence electrons. The highest BCUT2D eigenvalue weighted by Crippen LogP contribution is 2.10. The molecule has 43 heavy (non-hydrogen) atoms. The van der Waals surface area contributed by atoms with Crippen molar-refractivity contribution in [3.63, 3.8) is 0 Å². The molecule has 0 aromatic rings. The second kappa shape index (κ2) is 20.5. The highest BCUT2D eigenvalue weighted by atomic mass is 32.2. The molecular formula is C26H44N6O10S. The van der Waals surface area contributed by atoms with Crippen LogP contribution in [0.1, 0.15) is 64.2 Å². The number of rotatable bonds is 22. The van der Waals surface area contributed by atoms with E-state index in [0.29, 0.717) is 31.6 Å². The quantitative estimate of drug-likeness (QED) is 0.0608. The Balaban J connectivity index is 3.09. The van der Waals surface area contributed by atoms with Gasteiger partial charge in [0.05, 0.1) is 6.04 Å². The third-order valence-corrected chi connectivity index (χ3v) is 7.39. The molecule has 1 fully saturated rings. The van der Waals surface area contributed by atoms with Crippen LogP contribution in [-0.2, 0) is 33.6 Å². The molecule has 16 nitrogen and oxygen atoms in total. The Labute approximate surface area is 254 Å². The Bertz CT molecular complexity index is 978. The summed E-state index contributed by atoms with van der Waals surface area (Å²) in [6, 6.07) is -5.66. The van der Waals surface area contributed by atoms with E-state index >= 15 is 0 Å². The van der Waals surface area contributed by atoms with E-state index in [0.717, 1.165) is 6.42 Å². The number of amides is 4. The number of unbranched alkanes of at least 4 members (excludes halogenated alkanes) is 1. The number of hydrogen-bond acceptors (Lipinski definition) is 10. The Morgan fingerprint density at radius 1 is 0.767 bits per heavy atom. The van der Waals surface area contributed by atoms with Gasteiger partial charge in [0.25, 0.3) is 0 Å². The van der Waals surface area contributed by atoms with Gasteiger partial charge in [-0.05, 0) is 76.5 Å². The van der Waals surface area contributed by atoms with Gasteiger partial charge in [-0.1, -0.05) is 0 Å². The second-order valence-electron chi connectivity index (χ2n) is 10.2. The van der Waals surface area contributed by atoms with E-state index in [9.17, 15) is 43.8 Å². The molecule has 0 saturated carbocycles. The van der Waals surface area contributed by atoms with Crippen LogP contribution in [0.4, 0.5) is 0 Å².